The van der Waals surface area contributed by atoms with Crippen molar-refractivity contribution in [3.8, 4) is 0 Å². The number of aliphatic hydroxyl groups excluding tert-OH is 2. The van der Waals surface area contributed by atoms with Crippen molar-refractivity contribution in [1.29, 1.82) is 0 Å². The van der Waals surface area contributed by atoms with E-state index in [-0.39, 0.29) is 11.9 Å². The Labute approximate surface area is 221 Å². The molecule has 3 aliphatic rings. The zero-order chi connectivity index (χ0) is 26.2. The van der Waals surface area contributed by atoms with E-state index in [1.54, 1.807) is 13.1 Å². The lowest BCUT2D eigenvalue weighted by Gasteiger charge is -2.30. The van der Waals surface area contributed by atoms with E-state index in [0.717, 1.165) is 53.9 Å². The van der Waals surface area contributed by atoms with Gasteiger partial charge in [0, 0.05) is 56.4 Å². The molecule has 0 aromatic carbocycles. The zero-order valence-corrected chi connectivity index (χ0v) is 21.6. The van der Waals surface area contributed by atoms with Crippen LogP contribution in [-0.4, -0.2) is 79.3 Å². The first-order valence-electron chi connectivity index (χ1n) is 13.5. The smallest absolute Gasteiger partial charge is 0.240 e. The number of nitrogens with zero attached hydrogens (tertiary/aromatic N) is 6. The number of carbonyl (C=O) groups excluding carboxylic acids is 1. The number of anilines is 3. The minimum Gasteiger partial charge on any atom is -0.392 e. The molecule has 38 heavy (non-hydrogen) atoms. The second-order valence-corrected chi connectivity index (χ2v) is 10.5. The summed E-state index contributed by atoms with van der Waals surface area (Å²) >= 11 is 0. The summed E-state index contributed by atoms with van der Waals surface area (Å²) in [6, 6.07) is 5.42. The molecule has 6 heterocycles. The third-order valence-electron chi connectivity index (χ3n) is 7.66. The SMILES string of the molecule is CC(O)c1cc2cnc(Nc3ccc4c(n3)CCN(C(=O)[C@H]3C[C@H](O)CN3)C4)nc2c(N2CCCCC2)n1. The van der Waals surface area contributed by atoms with Crippen LogP contribution in [-0.2, 0) is 17.8 Å². The molecule has 3 aromatic rings. The molecule has 2 fully saturated rings. The van der Waals surface area contributed by atoms with Crippen LogP contribution in [0.5, 0.6) is 0 Å². The molecular weight excluding hydrogens is 484 g/mol. The normalized spacial score (nSPS) is 22.4. The number of rotatable bonds is 5. The Balaban J connectivity index is 1.22. The number of nitrogens with one attached hydrogen (secondary N) is 2. The van der Waals surface area contributed by atoms with Gasteiger partial charge in [0.1, 0.15) is 11.3 Å². The van der Waals surface area contributed by atoms with Gasteiger partial charge >= 0.3 is 0 Å². The molecular formula is C27H34N8O3. The maximum absolute atomic E-state index is 12.9. The molecule has 6 rings (SSSR count). The molecule has 0 radical (unpaired) electrons. The van der Waals surface area contributed by atoms with Gasteiger partial charge in [-0.05, 0) is 50.3 Å². The van der Waals surface area contributed by atoms with Crippen LogP contribution in [0, 0.1) is 0 Å². The number of fused-ring (bicyclic) bond motifs is 2. The molecule has 3 atom stereocenters. The molecule has 2 saturated heterocycles. The molecule has 0 saturated carbocycles. The first kappa shape index (κ1) is 24.9. The lowest BCUT2D eigenvalue weighted by atomic mass is 10.0. The van der Waals surface area contributed by atoms with Crippen LogP contribution in [0.2, 0.25) is 0 Å². The van der Waals surface area contributed by atoms with Gasteiger partial charge in [0.25, 0.3) is 0 Å². The molecule has 0 bridgehead atoms. The Hall–Kier alpha value is -3.41. The number of pyridine rings is 2. The molecule has 0 aliphatic carbocycles. The highest BCUT2D eigenvalue weighted by Gasteiger charge is 2.33. The van der Waals surface area contributed by atoms with Crippen LogP contribution in [0.25, 0.3) is 10.9 Å². The molecule has 1 amide bonds. The number of β-amino-alcohol motifs (C(OH)–C–C–N with tert-alkyl or cyclic N) is 1. The fourth-order valence-electron chi connectivity index (χ4n) is 5.56. The lowest BCUT2D eigenvalue weighted by Crippen LogP contribution is -2.45. The summed E-state index contributed by atoms with van der Waals surface area (Å²) in [6.07, 6.45) is 5.19. The summed E-state index contributed by atoms with van der Waals surface area (Å²) < 4.78 is 0. The van der Waals surface area contributed by atoms with Gasteiger partial charge in [0.05, 0.1) is 23.9 Å². The molecule has 1 unspecified atom stereocenters. The summed E-state index contributed by atoms with van der Waals surface area (Å²) in [5.74, 6) is 1.91. The fourth-order valence-corrected chi connectivity index (χ4v) is 5.56. The molecule has 3 aliphatic heterocycles. The van der Waals surface area contributed by atoms with Gasteiger partial charge < -0.3 is 30.6 Å². The van der Waals surface area contributed by atoms with Crippen molar-refractivity contribution < 1.29 is 15.0 Å². The maximum atomic E-state index is 12.9. The standard InChI is InChI=1S/C27H34N8O3/c1-16(36)21-11-18-13-29-27(33-24(18)25(31-21)34-8-3-2-4-9-34)32-23-6-5-17-15-35(10-7-20(17)30-23)26(38)22-12-19(37)14-28-22/h5-6,11,13,16,19,22,28,36-37H,2-4,7-10,12,14-15H2,1H3,(H,29,30,32,33)/t16?,19-,22+/m0/s1. The van der Waals surface area contributed by atoms with Crippen molar-refractivity contribution >= 4 is 34.4 Å². The monoisotopic (exact) mass is 518 g/mol. The number of aliphatic hydroxyl groups is 2. The number of hydrogen-bond donors (Lipinski definition) is 4. The van der Waals surface area contributed by atoms with Crippen LogP contribution in [0.1, 0.15) is 55.7 Å². The highest BCUT2D eigenvalue weighted by molar-refractivity contribution is 5.89. The minimum absolute atomic E-state index is 0.0378. The Morgan fingerprint density at radius 2 is 2.00 bits per heavy atom. The van der Waals surface area contributed by atoms with Gasteiger partial charge in [-0.15, -0.1) is 0 Å². The average Bonchev–Trinajstić information content (AvgIpc) is 3.38. The third kappa shape index (κ3) is 5.01. The number of hydrogen-bond acceptors (Lipinski definition) is 10. The van der Waals surface area contributed by atoms with Crippen molar-refractivity contribution in [2.75, 3.05) is 36.4 Å². The molecule has 200 valence electrons. The van der Waals surface area contributed by atoms with Gasteiger partial charge in [-0.1, -0.05) is 6.07 Å². The van der Waals surface area contributed by atoms with Crippen LogP contribution < -0.4 is 15.5 Å². The molecule has 0 spiro atoms. The van der Waals surface area contributed by atoms with Crippen molar-refractivity contribution in [3.63, 3.8) is 0 Å². The third-order valence-corrected chi connectivity index (χ3v) is 7.66. The summed E-state index contributed by atoms with van der Waals surface area (Å²) in [6.45, 7) is 5.13. The number of aromatic nitrogens is 4. The van der Waals surface area contributed by atoms with Crippen molar-refractivity contribution in [1.82, 2.24) is 30.2 Å². The topological polar surface area (TPSA) is 140 Å². The second kappa shape index (κ2) is 10.4. The lowest BCUT2D eigenvalue weighted by molar-refractivity contribution is -0.134. The molecule has 4 N–H and O–H groups in total. The highest BCUT2D eigenvalue weighted by Crippen LogP contribution is 2.30. The highest BCUT2D eigenvalue weighted by atomic mass is 16.3. The fraction of sp³-hybridized carbons (Fsp3) is 0.519. The van der Waals surface area contributed by atoms with E-state index >= 15 is 0 Å². The Morgan fingerprint density at radius 3 is 2.76 bits per heavy atom. The number of carbonyl (C=O) groups is 1. The van der Waals surface area contributed by atoms with E-state index < -0.39 is 12.2 Å². The van der Waals surface area contributed by atoms with Gasteiger partial charge in [0.2, 0.25) is 11.9 Å². The number of piperidine rings is 1. The molecule has 11 heteroatoms. The van der Waals surface area contributed by atoms with E-state index in [2.05, 4.69) is 20.5 Å². The van der Waals surface area contributed by atoms with Gasteiger partial charge in [-0.3, -0.25) is 4.79 Å². The van der Waals surface area contributed by atoms with E-state index in [1.807, 2.05) is 23.1 Å². The van der Waals surface area contributed by atoms with Crippen molar-refractivity contribution in [2.24, 2.45) is 0 Å². The van der Waals surface area contributed by atoms with Gasteiger partial charge in [0.15, 0.2) is 5.82 Å². The van der Waals surface area contributed by atoms with E-state index in [1.165, 1.54) is 6.42 Å². The van der Waals surface area contributed by atoms with E-state index in [0.29, 0.717) is 49.9 Å². The predicted molar refractivity (Wildman–Crippen MR) is 143 cm³/mol. The summed E-state index contributed by atoms with van der Waals surface area (Å²) in [5, 5.41) is 27.1. The van der Waals surface area contributed by atoms with Gasteiger partial charge in [-0.2, -0.15) is 0 Å². The summed E-state index contributed by atoms with van der Waals surface area (Å²) in [5.41, 5.74) is 3.35. The minimum atomic E-state index is -0.673. The molecule has 11 nitrogen and oxygen atoms in total. The largest absolute Gasteiger partial charge is 0.392 e. The van der Waals surface area contributed by atoms with Crippen LogP contribution >= 0.6 is 0 Å². The Morgan fingerprint density at radius 1 is 1.16 bits per heavy atom. The predicted octanol–water partition coefficient (Wildman–Crippen LogP) is 1.81. The first-order chi connectivity index (χ1) is 18.4. The second-order valence-electron chi connectivity index (χ2n) is 10.5. The quantitative estimate of drug-likeness (QED) is 0.395. The summed E-state index contributed by atoms with van der Waals surface area (Å²) in [7, 11) is 0. The van der Waals surface area contributed by atoms with Gasteiger partial charge in [-0.25, -0.2) is 19.9 Å². The van der Waals surface area contributed by atoms with Crippen molar-refractivity contribution in [3.05, 3.63) is 41.3 Å². The zero-order valence-electron chi connectivity index (χ0n) is 21.6. The Kier molecular flexibility index (Phi) is 6.81. The van der Waals surface area contributed by atoms with Crippen molar-refractivity contribution in [2.45, 2.75) is 63.8 Å². The van der Waals surface area contributed by atoms with Crippen LogP contribution in [0.3, 0.4) is 0 Å². The van der Waals surface area contributed by atoms with Crippen LogP contribution in [0.4, 0.5) is 17.6 Å². The average molecular weight is 519 g/mol. The molecule has 3 aromatic heterocycles. The van der Waals surface area contributed by atoms with E-state index in [9.17, 15) is 15.0 Å². The number of amides is 1. The Bertz CT molecular complexity index is 1340. The first-order valence-corrected chi connectivity index (χ1v) is 13.5. The van der Waals surface area contributed by atoms with Crippen LogP contribution in [0.15, 0.2) is 24.4 Å². The summed E-state index contributed by atoms with van der Waals surface area (Å²) in [4.78, 5) is 35.8. The van der Waals surface area contributed by atoms with E-state index in [4.69, 9.17) is 15.0 Å². The maximum Gasteiger partial charge on any atom is 0.240 e.